The number of nitro groups is 1. The SMILES string of the molecule is Cc1cc(C)c(N/C=C(/C#N)C(=O)Nc2ccc(Cl)c([N+](=O)[O-])c2)c(Cl)c1. The smallest absolute Gasteiger partial charge is 0.289 e. The maximum absolute atomic E-state index is 12.3. The Morgan fingerprint density at radius 1 is 1.22 bits per heavy atom. The molecule has 0 radical (unpaired) electrons. The molecule has 0 aromatic heterocycles. The minimum Gasteiger partial charge on any atom is -0.359 e. The second kappa shape index (κ2) is 8.54. The Labute approximate surface area is 165 Å². The first-order valence-corrected chi connectivity index (χ1v) is 8.37. The number of anilines is 2. The summed E-state index contributed by atoms with van der Waals surface area (Å²) in [4.78, 5) is 22.5. The van der Waals surface area contributed by atoms with E-state index in [-0.39, 0.29) is 22.0 Å². The molecule has 0 saturated carbocycles. The van der Waals surface area contributed by atoms with Crippen LogP contribution in [0, 0.1) is 35.3 Å². The molecule has 1 amide bonds. The number of amides is 1. The number of hydrogen-bond donors (Lipinski definition) is 2. The number of nitro benzene ring substituents is 1. The van der Waals surface area contributed by atoms with Gasteiger partial charge in [0.1, 0.15) is 16.7 Å². The molecule has 9 heteroatoms. The molecule has 2 aromatic rings. The van der Waals surface area contributed by atoms with E-state index in [9.17, 15) is 20.2 Å². The first kappa shape index (κ1) is 20.2. The van der Waals surface area contributed by atoms with Crippen LogP contribution >= 0.6 is 23.2 Å². The number of halogens is 2. The standard InChI is InChI=1S/C18H14Cl2N4O3/c1-10-5-11(2)17(15(20)6-10)22-9-12(8-21)18(25)23-13-3-4-14(19)16(7-13)24(26)27/h3-7,9,22H,1-2H3,(H,23,25)/b12-9-. The summed E-state index contributed by atoms with van der Waals surface area (Å²) in [6.07, 6.45) is 1.23. The second-order valence-corrected chi connectivity index (χ2v) is 6.44. The van der Waals surface area contributed by atoms with Crippen LogP contribution in [0.1, 0.15) is 11.1 Å². The summed E-state index contributed by atoms with van der Waals surface area (Å²) in [5.41, 5.74) is 1.96. The molecule has 2 rings (SSSR count). The van der Waals surface area contributed by atoms with E-state index in [1.54, 1.807) is 12.1 Å². The van der Waals surface area contributed by atoms with Crippen LogP contribution < -0.4 is 10.6 Å². The summed E-state index contributed by atoms with van der Waals surface area (Å²) < 4.78 is 0. The van der Waals surface area contributed by atoms with Gasteiger partial charge >= 0.3 is 0 Å². The molecule has 0 unspecified atom stereocenters. The Kier molecular flexibility index (Phi) is 6.40. The minimum absolute atomic E-state index is 0.0554. The molecule has 2 aromatic carbocycles. The predicted molar refractivity (Wildman–Crippen MR) is 105 cm³/mol. The molecule has 0 bridgehead atoms. The number of aryl methyl sites for hydroxylation is 2. The molecule has 0 fully saturated rings. The van der Waals surface area contributed by atoms with Gasteiger partial charge in [0, 0.05) is 18.0 Å². The van der Waals surface area contributed by atoms with Crippen molar-refractivity contribution in [2.24, 2.45) is 0 Å². The zero-order valence-electron chi connectivity index (χ0n) is 14.3. The number of rotatable bonds is 5. The zero-order chi connectivity index (χ0) is 20.1. The highest BCUT2D eigenvalue weighted by atomic mass is 35.5. The molecule has 0 spiro atoms. The van der Waals surface area contributed by atoms with Crippen molar-refractivity contribution in [3.05, 3.63) is 73.4 Å². The predicted octanol–water partition coefficient (Wildman–Crippen LogP) is 4.98. The Hall–Kier alpha value is -3.08. The number of nitrogens with zero attached hydrogens (tertiary/aromatic N) is 2. The molecule has 27 heavy (non-hydrogen) atoms. The van der Waals surface area contributed by atoms with Gasteiger partial charge in [0.05, 0.1) is 15.6 Å². The Morgan fingerprint density at radius 2 is 1.93 bits per heavy atom. The molecule has 0 aliphatic rings. The Morgan fingerprint density at radius 3 is 2.52 bits per heavy atom. The number of nitriles is 1. The number of hydrogen-bond acceptors (Lipinski definition) is 5. The van der Waals surface area contributed by atoms with E-state index in [4.69, 9.17) is 23.2 Å². The fourth-order valence-corrected chi connectivity index (χ4v) is 2.88. The molecule has 0 saturated heterocycles. The van der Waals surface area contributed by atoms with E-state index in [1.807, 2.05) is 19.9 Å². The van der Waals surface area contributed by atoms with Crippen LogP contribution in [0.3, 0.4) is 0 Å². The lowest BCUT2D eigenvalue weighted by molar-refractivity contribution is -0.384. The molecular weight excluding hydrogens is 391 g/mol. The molecular formula is C18H14Cl2N4O3. The van der Waals surface area contributed by atoms with E-state index >= 15 is 0 Å². The van der Waals surface area contributed by atoms with Gasteiger partial charge in [0.2, 0.25) is 0 Å². The highest BCUT2D eigenvalue weighted by molar-refractivity contribution is 6.33. The molecule has 0 aliphatic carbocycles. The van der Waals surface area contributed by atoms with Crippen molar-refractivity contribution in [2.75, 3.05) is 10.6 Å². The second-order valence-electron chi connectivity index (χ2n) is 5.63. The average Bonchev–Trinajstić information content (AvgIpc) is 2.58. The van der Waals surface area contributed by atoms with E-state index in [1.165, 1.54) is 18.3 Å². The van der Waals surface area contributed by atoms with Gasteiger partial charge in [-0.05, 0) is 43.2 Å². The third-order valence-corrected chi connectivity index (χ3v) is 4.18. The van der Waals surface area contributed by atoms with Crippen LogP contribution in [0.2, 0.25) is 10.0 Å². The van der Waals surface area contributed by atoms with Gasteiger partial charge in [0.25, 0.3) is 11.6 Å². The van der Waals surface area contributed by atoms with Gasteiger partial charge in [-0.2, -0.15) is 5.26 Å². The summed E-state index contributed by atoms with van der Waals surface area (Å²) in [6, 6.07) is 9.24. The zero-order valence-corrected chi connectivity index (χ0v) is 15.9. The van der Waals surface area contributed by atoms with Crippen molar-refractivity contribution in [3.63, 3.8) is 0 Å². The van der Waals surface area contributed by atoms with Gasteiger partial charge in [-0.15, -0.1) is 0 Å². The Bertz CT molecular complexity index is 974. The lowest BCUT2D eigenvalue weighted by Gasteiger charge is -2.10. The van der Waals surface area contributed by atoms with E-state index < -0.39 is 10.8 Å². The highest BCUT2D eigenvalue weighted by Crippen LogP contribution is 2.28. The first-order chi connectivity index (χ1) is 12.7. The number of carbonyl (C=O) groups excluding carboxylic acids is 1. The fourth-order valence-electron chi connectivity index (χ4n) is 2.32. The molecule has 0 heterocycles. The molecule has 0 atom stereocenters. The normalized spacial score (nSPS) is 10.9. The number of nitrogens with one attached hydrogen (secondary N) is 2. The van der Waals surface area contributed by atoms with Crippen LogP contribution in [0.4, 0.5) is 17.1 Å². The molecule has 138 valence electrons. The summed E-state index contributed by atoms with van der Waals surface area (Å²) in [7, 11) is 0. The average molecular weight is 405 g/mol. The van der Waals surface area contributed by atoms with Crippen molar-refractivity contribution in [2.45, 2.75) is 13.8 Å². The third kappa shape index (κ3) is 4.97. The molecule has 0 aliphatic heterocycles. The van der Waals surface area contributed by atoms with E-state index in [0.717, 1.165) is 17.2 Å². The van der Waals surface area contributed by atoms with Crippen LogP contribution in [0.25, 0.3) is 0 Å². The van der Waals surface area contributed by atoms with Crippen LogP contribution in [0.5, 0.6) is 0 Å². The lowest BCUT2D eigenvalue weighted by atomic mass is 10.1. The first-order valence-electron chi connectivity index (χ1n) is 7.61. The molecule has 2 N–H and O–H groups in total. The van der Waals surface area contributed by atoms with Gasteiger partial charge in [-0.3, -0.25) is 14.9 Å². The van der Waals surface area contributed by atoms with Crippen molar-refractivity contribution in [1.82, 2.24) is 0 Å². The molecule has 7 nitrogen and oxygen atoms in total. The van der Waals surface area contributed by atoms with Gasteiger partial charge in [0.15, 0.2) is 0 Å². The van der Waals surface area contributed by atoms with E-state index in [2.05, 4.69) is 10.6 Å². The maximum atomic E-state index is 12.3. The maximum Gasteiger partial charge on any atom is 0.289 e. The fraction of sp³-hybridized carbons (Fsp3) is 0.111. The lowest BCUT2D eigenvalue weighted by Crippen LogP contribution is -2.14. The number of carbonyl (C=O) groups is 1. The summed E-state index contributed by atoms with van der Waals surface area (Å²) in [5.74, 6) is -0.734. The minimum atomic E-state index is -0.734. The van der Waals surface area contributed by atoms with Gasteiger partial charge < -0.3 is 10.6 Å². The summed E-state index contributed by atoms with van der Waals surface area (Å²) in [6.45, 7) is 3.74. The van der Waals surface area contributed by atoms with Crippen molar-refractivity contribution in [3.8, 4) is 6.07 Å². The van der Waals surface area contributed by atoms with Crippen molar-refractivity contribution < 1.29 is 9.72 Å². The monoisotopic (exact) mass is 404 g/mol. The van der Waals surface area contributed by atoms with Gasteiger partial charge in [-0.1, -0.05) is 29.3 Å². The summed E-state index contributed by atoms with van der Waals surface area (Å²) in [5, 5.41) is 25.8. The van der Waals surface area contributed by atoms with E-state index in [0.29, 0.717) is 10.7 Å². The van der Waals surface area contributed by atoms with Crippen molar-refractivity contribution >= 4 is 46.2 Å². The summed E-state index contributed by atoms with van der Waals surface area (Å²) >= 11 is 11.9. The van der Waals surface area contributed by atoms with Gasteiger partial charge in [-0.25, -0.2) is 0 Å². The Balaban J connectivity index is 2.22. The van der Waals surface area contributed by atoms with Crippen molar-refractivity contribution in [1.29, 1.82) is 5.26 Å². The highest BCUT2D eigenvalue weighted by Gasteiger charge is 2.16. The largest absolute Gasteiger partial charge is 0.359 e. The number of benzene rings is 2. The van der Waals surface area contributed by atoms with Crippen LogP contribution in [0.15, 0.2) is 42.1 Å². The topological polar surface area (TPSA) is 108 Å². The third-order valence-electron chi connectivity index (χ3n) is 3.56. The van der Waals surface area contributed by atoms with Crippen LogP contribution in [-0.4, -0.2) is 10.8 Å². The quantitative estimate of drug-likeness (QED) is 0.316. The van der Waals surface area contributed by atoms with Crippen LogP contribution in [-0.2, 0) is 4.79 Å².